The predicted molar refractivity (Wildman–Crippen MR) is 112 cm³/mol. The van der Waals surface area contributed by atoms with Gasteiger partial charge in [0.05, 0.1) is 0 Å². The molecule has 0 unspecified atom stereocenters. The third-order valence-electron chi connectivity index (χ3n) is 4.78. The van der Waals surface area contributed by atoms with E-state index in [2.05, 4.69) is 10.6 Å². The molecule has 5 heteroatoms. The maximum Gasteiger partial charge on any atom is 0.323 e. The molecule has 3 aromatic carbocycles. The number of hydrogen-bond donors (Lipinski definition) is 2. The molecule has 3 amide bonds. The Hall–Kier alpha value is -3.60. The zero-order chi connectivity index (χ0) is 19.5. The van der Waals surface area contributed by atoms with Crippen molar-refractivity contribution in [3.63, 3.8) is 0 Å². The highest BCUT2D eigenvalue weighted by Crippen LogP contribution is 2.32. The van der Waals surface area contributed by atoms with E-state index in [1.165, 1.54) is 0 Å². The molecular weight excluding hydrogens is 350 g/mol. The first-order chi connectivity index (χ1) is 13.6. The van der Waals surface area contributed by atoms with Crippen LogP contribution in [0, 0.1) is 6.92 Å². The van der Waals surface area contributed by atoms with Gasteiger partial charge in [-0.05, 0) is 60.9 Å². The van der Waals surface area contributed by atoms with Gasteiger partial charge < -0.3 is 15.5 Å². The van der Waals surface area contributed by atoms with E-state index < -0.39 is 0 Å². The summed E-state index contributed by atoms with van der Waals surface area (Å²) in [5.74, 6) is -0.0271. The highest BCUT2D eigenvalue weighted by molar-refractivity contribution is 6.08. The van der Waals surface area contributed by atoms with Crippen LogP contribution in [0.2, 0.25) is 0 Å². The van der Waals surface area contributed by atoms with Gasteiger partial charge in [0.25, 0.3) is 5.91 Å². The first kappa shape index (κ1) is 17.8. The Bertz CT molecular complexity index is 1030. The molecule has 0 radical (unpaired) electrons. The fraction of sp³-hybridized carbons (Fsp3) is 0.130. The van der Waals surface area contributed by atoms with E-state index >= 15 is 0 Å². The fourth-order valence-corrected chi connectivity index (χ4v) is 3.42. The molecule has 3 aromatic rings. The Morgan fingerprint density at radius 3 is 2.36 bits per heavy atom. The minimum Gasteiger partial charge on any atom is -0.308 e. The molecule has 0 saturated carbocycles. The van der Waals surface area contributed by atoms with Gasteiger partial charge in [-0.3, -0.25) is 4.79 Å². The van der Waals surface area contributed by atoms with E-state index in [-0.39, 0.29) is 11.9 Å². The maximum atomic E-state index is 12.8. The summed E-state index contributed by atoms with van der Waals surface area (Å²) in [5.41, 5.74) is 5.07. The number of carbonyl (C=O) groups is 2. The lowest BCUT2D eigenvalue weighted by molar-refractivity contribution is 0.0989. The van der Waals surface area contributed by atoms with E-state index in [9.17, 15) is 9.59 Å². The van der Waals surface area contributed by atoms with Gasteiger partial charge >= 0.3 is 6.03 Å². The molecule has 2 N–H and O–H groups in total. The molecule has 1 aliphatic rings. The summed E-state index contributed by atoms with van der Waals surface area (Å²) < 4.78 is 0. The van der Waals surface area contributed by atoms with Crippen molar-refractivity contribution in [3.8, 4) is 0 Å². The summed E-state index contributed by atoms with van der Waals surface area (Å²) in [6.07, 6.45) is 0.809. The standard InChI is InChI=1S/C23H21N3O2/c1-16-6-5-9-19(14-16)24-23(28)25-20-11-10-17-12-13-26(21(17)15-20)22(27)18-7-3-2-4-8-18/h2-11,14-15H,12-13H2,1H3,(H2,24,25,28). The lowest BCUT2D eigenvalue weighted by atomic mass is 10.1. The van der Waals surface area contributed by atoms with E-state index in [4.69, 9.17) is 0 Å². The van der Waals surface area contributed by atoms with Crippen molar-refractivity contribution >= 4 is 29.0 Å². The number of urea groups is 1. The molecule has 0 aromatic heterocycles. The average Bonchev–Trinajstić information content (AvgIpc) is 3.11. The molecular formula is C23H21N3O2. The summed E-state index contributed by atoms with van der Waals surface area (Å²) in [4.78, 5) is 26.9. The van der Waals surface area contributed by atoms with Crippen LogP contribution in [-0.2, 0) is 6.42 Å². The number of fused-ring (bicyclic) bond motifs is 1. The molecule has 0 atom stereocenters. The van der Waals surface area contributed by atoms with E-state index in [1.54, 1.807) is 4.90 Å². The second-order valence-electron chi connectivity index (χ2n) is 6.86. The first-order valence-corrected chi connectivity index (χ1v) is 9.25. The van der Waals surface area contributed by atoms with E-state index in [0.717, 1.165) is 28.9 Å². The highest BCUT2D eigenvalue weighted by Gasteiger charge is 2.25. The summed E-state index contributed by atoms with van der Waals surface area (Å²) in [6.45, 7) is 2.61. The van der Waals surface area contributed by atoms with Crippen LogP contribution in [0.25, 0.3) is 0 Å². The second-order valence-corrected chi connectivity index (χ2v) is 6.86. The van der Waals surface area contributed by atoms with Crippen molar-refractivity contribution in [1.29, 1.82) is 0 Å². The van der Waals surface area contributed by atoms with Gasteiger partial charge in [-0.2, -0.15) is 0 Å². The number of rotatable bonds is 3. The molecule has 0 fully saturated rings. The van der Waals surface area contributed by atoms with Gasteiger partial charge in [-0.25, -0.2) is 4.79 Å². The topological polar surface area (TPSA) is 61.4 Å². The number of amides is 3. The number of anilines is 3. The number of benzene rings is 3. The monoisotopic (exact) mass is 371 g/mol. The normalized spacial score (nSPS) is 12.4. The van der Waals surface area contributed by atoms with Crippen molar-refractivity contribution in [2.45, 2.75) is 13.3 Å². The highest BCUT2D eigenvalue weighted by atomic mass is 16.2. The molecule has 140 valence electrons. The Kier molecular flexibility index (Phi) is 4.81. The number of aryl methyl sites for hydroxylation is 1. The smallest absolute Gasteiger partial charge is 0.308 e. The third-order valence-corrected chi connectivity index (χ3v) is 4.78. The third kappa shape index (κ3) is 3.74. The minimum absolute atomic E-state index is 0.0271. The van der Waals surface area contributed by atoms with Crippen molar-refractivity contribution in [2.75, 3.05) is 22.1 Å². The Morgan fingerprint density at radius 2 is 1.61 bits per heavy atom. The predicted octanol–water partition coefficient (Wildman–Crippen LogP) is 4.84. The molecule has 0 bridgehead atoms. The zero-order valence-corrected chi connectivity index (χ0v) is 15.6. The summed E-state index contributed by atoms with van der Waals surface area (Å²) in [5, 5.41) is 5.68. The summed E-state index contributed by atoms with van der Waals surface area (Å²) >= 11 is 0. The molecule has 1 heterocycles. The largest absolute Gasteiger partial charge is 0.323 e. The average molecular weight is 371 g/mol. The van der Waals surface area contributed by atoms with Gasteiger partial charge in [0.2, 0.25) is 0 Å². The maximum absolute atomic E-state index is 12.8. The van der Waals surface area contributed by atoms with Crippen LogP contribution in [0.3, 0.4) is 0 Å². The lowest BCUT2D eigenvalue weighted by Crippen LogP contribution is -2.29. The molecule has 28 heavy (non-hydrogen) atoms. The van der Waals surface area contributed by atoms with E-state index in [1.807, 2.05) is 79.7 Å². The number of hydrogen-bond acceptors (Lipinski definition) is 2. The van der Waals surface area contributed by atoms with Gasteiger partial charge in [-0.1, -0.05) is 36.4 Å². The molecule has 5 nitrogen and oxygen atoms in total. The van der Waals surface area contributed by atoms with Gasteiger partial charge in [0.1, 0.15) is 0 Å². The Balaban J connectivity index is 1.50. The second kappa shape index (κ2) is 7.56. The van der Waals surface area contributed by atoms with Crippen molar-refractivity contribution < 1.29 is 9.59 Å². The van der Waals surface area contributed by atoms with Crippen LogP contribution < -0.4 is 15.5 Å². The van der Waals surface area contributed by atoms with Crippen LogP contribution in [0.4, 0.5) is 21.9 Å². The lowest BCUT2D eigenvalue weighted by Gasteiger charge is -2.18. The SMILES string of the molecule is Cc1cccc(NC(=O)Nc2ccc3c(c2)N(C(=O)c2ccccc2)CC3)c1. The number of carbonyl (C=O) groups excluding carboxylic acids is 2. The number of nitrogens with one attached hydrogen (secondary N) is 2. The van der Waals surface area contributed by atoms with Crippen LogP contribution in [0.1, 0.15) is 21.5 Å². The zero-order valence-electron chi connectivity index (χ0n) is 15.6. The molecule has 0 aliphatic carbocycles. The van der Waals surface area contributed by atoms with Crippen LogP contribution in [0.15, 0.2) is 72.8 Å². The molecule has 4 rings (SSSR count). The van der Waals surface area contributed by atoms with Crippen molar-refractivity contribution in [3.05, 3.63) is 89.5 Å². The number of nitrogens with zero attached hydrogens (tertiary/aromatic N) is 1. The minimum atomic E-state index is -0.315. The van der Waals surface area contributed by atoms with Gasteiger partial charge in [0.15, 0.2) is 0 Å². The van der Waals surface area contributed by atoms with Gasteiger partial charge in [0, 0.05) is 29.2 Å². The van der Waals surface area contributed by atoms with E-state index in [0.29, 0.717) is 17.8 Å². The quantitative estimate of drug-likeness (QED) is 0.692. The molecule has 0 saturated heterocycles. The van der Waals surface area contributed by atoms with Crippen molar-refractivity contribution in [1.82, 2.24) is 0 Å². The molecule has 0 spiro atoms. The van der Waals surface area contributed by atoms with Crippen LogP contribution >= 0.6 is 0 Å². The van der Waals surface area contributed by atoms with Crippen LogP contribution in [-0.4, -0.2) is 18.5 Å². The van der Waals surface area contributed by atoms with Crippen LogP contribution in [0.5, 0.6) is 0 Å². The Labute approximate surface area is 164 Å². The summed E-state index contributed by atoms with van der Waals surface area (Å²) in [6, 6.07) is 22.2. The van der Waals surface area contributed by atoms with Gasteiger partial charge in [-0.15, -0.1) is 0 Å². The Morgan fingerprint density at radius 1 is 0.857 bits per heavy atom. The van der Waals surface area contributed by atoms with Crippen molar-refractivity contribution in [2.24, 2.45) is 0 Å². The fourth-order valence-electron chi connectivity index (χ4n) is 3.42. The first-order valence-electron chi connectivity index (χ1n) is 9.25. The molecule has 1 aliphatic heterocycles. The summed E-state index contributed by atoms with van der Waals surface area (Å²) in [7, 11) is 0.